The minimum absolute atomic E-state index is 0.455. The third-order valence-corrected chi connectivity index (χ3v) is 3.35. The molecule has 1 aromatic heterocycles. The molecule has 22 heavy (non-hydrogen) atoms. The number of nitrogens with zero attached hydrogens (tertiary/aromatic N) is 1. The smallest absolute Gasteiger partial charge is 0.150 e. The largest absolute Gasteiger partial charge is 0.488 e. The van der Waals surface area contributed by atoms with Gasteiger partial charge in [-0.25, -0.2) is 0 Å². The van der Waals surface area contributed by atoms with Crippen molar-refractivity contribution in [3.63, 3.8) is 0 Å². The molecule has 0 unspecified atom stereocenters. The molecule has 0 atom stereocenters. The van der Waals surface area contributed by atoms with E-state index in [9.17, 15) is 4.79 Å². The normalized spacial score (nSPS) is 10.2. The summed E-state index contributed by atoms with van der Waals surface area (Å²) in [6.45, 7) is 0.455. The second-order valence-corrected chi connectivity index (χ2v) is 4.89. The molecule has 0 bridgehead atoms. The topological polar surface area (TPSA) is 39.2 Å². The Labute approximate surface area is 129 Å². The lowest BCUT2D eigenvalue weighted by molar-refractivity contribution is 0.112. The molecule has 0 saturated carbocycles. The van der Waals surface area contributed by atoms with Gasteiger partial charge in [-0.2, -0.15) is 0 Å². The molecule has 0 spiro atoms. The number of carbonyl (C=O) groups excluding carboxylic acids is 1. The van der Waals surface area contributed by atoms with Crippen molar-refractivity contribution >= 4 is 6.29 Å². The van der Waals surface area contributed by atoms with Crippen LogP contribution in [0.1, 0.15) is 15.9 Å². The summed E-state index contributed by atoms with van der Waals surface area (Å²) in [4.78, 5) is 15.2. The first-order valence-electron chi connectivity index (χ1n) is 7.03. The molecule has 0 aliphatic rings. The SMILES string of the molecule is O=Cc1ccc(-c2cccnc2)c(OCc2ccccc2)c1. The quantitative estimate of drug-likeness (QED) is 0.663. The highest BCUT2D eigenvalue weighted by molar-refractivity contribution is 5.80. The molecule has 3 heteroatoms. The van der Waals surface area contributed by atoms with Crippen molar-refractivity contribution in [3.8, 4) is 16.9 Å². The molecular weight excluding hydrogens is 274 g/mol. The first-order valence-corrected chi connectivity index (χ1v) is 7.03. The lowest BCUT2D eigenvalue weighted by atomic mass is 10.0. The van der Waals surface area contributed by atoms with Crippen LogP contribution in [0, 0.1) is 0 Å². The van der Waals surface area contributed by atoms with E-state index in [2.05, 4.69) is 4.98 Å². The molecule has 0 amide bonds. The molecule has 0 aliphatic carbocycles. The average molecular weight is 289 g/mol. The first-order chi connectivity index (χ1) is 10.9. The number of hydrogen-bond acceptors (Lipinski definition) is 3. The number of carbonyl (C=O) groups is 1. The van der Waals surface area contributed by atoms with Gasteiger partial charge in [0, 0.05) is 29.1 Å². The van der Waals surface area contributed by atoms with Gasteiger partial charge in [-0.3, -0.25) is 9.78 Å². The fourth-order valence-electron chi connectivity index (χ4n) is 2.23. The fraction of sp³-hybridized carbons (Fsp3) is 0.0526. The van der Waals surface area contributed by atoms with E-state index in [1.54, 1.807) is 24.5 Å². The van der Waals surface area contributed by atoms with E-state index in [4.69, 9.17) is 4.74 Å². The Morgan fingerprint density at radius 1 is 1.00 bits per heavy atom. The highest BCUT2D eigenvalue weighted by Crippen LogP contribution is 2.30. The van der Waals surface area contributed by atoms with Gasteiger partial charge in [0.15, 0.2) is 0 Å². The summed E-state index contributed by atoms with van der Waals surface area (Å²) >= 11 is 0. The van der Waals surface area contributed by atoms with Crippen molar-refractivity contribution < 1.29 is 9.53 Å². The van der Waals surface area contributed by atoms with Gasteiger partial charge in [0.05, 0.1) is 0 Å². The summed E-state index contributed by atoms with van der Waals surface area (Å²) in [6, 6.07) is 19.2. The van der Waals surface area contributed by atoms with Crippen LogP contribution < -0.4 is 4.74 Å². The molecule has 3 nitrogen and oxygen atoms in total. The zero-order valence-electron chi connectivity index (χ0n) is 12.0. The van der Waals surface area contributed by atoms with Crippen molar-refractivity contribution in [2.24, 2.45) is 0 Å². The maximum Gasteiger partial charge on any atom is 0.150 e. The standard InChI is InChI=1S/C19H15NO2/c21-13-16-8-9-18(17-7-4-10-20-12-17)19(11-16)22-14-15-5-2-1-3-6-15/h1-13H,14H2. The Balaban J connectivity index is 1.92. The summed E-state index contributed by atoms with van der Waals surface area (Å²) in [5.74, 6) is 0.682. The number of benzene rings is 2. The van der Waals surface area contributed by atoms with E-state index < -0.39 is 0 Å². The number of pyridine rings is 1. The van der Waals surface area contributed by atoms with Gasteiger partial charge >= 0.3 is 0 Å². The van der Waals surface area contributed by atoms with Gasteiger partial charge in [-0.1, -0.05) is 42.5 Å². The number of hydrogen-bond donors (Lipinski definition) is 0. The zero-order valence-corrected chi connectivity index (χ0v) is 12.0. The van der Waals surface area contributed by atoms with Crippen LogP contribution in [0.3, 0.4) is 0 Å². The van der Waals surface area contributed by atoms with Crippen LogP contribution in [0.5, 0.6) is 5.75 Å². The van der Waals surface area contributed by atoms with Gasteiger partial charge in [-0.15, -0.1) is 0 Å². The summed E-state index contributed by atoms with van der Waals surface area (Å²) in [5.41, 5.74) is 3.56. The molecule has 0 radical (unpaired) electrons. The zero-order chi connectivity index (χ0) is 15.2. The van der Waals surface area contributed by atoms with Crippen LogP contribution in [0.25, 0.3) is 11.1 Å². The van der Waals surface area contributed by atoms with Crippen LogP contribution in [0.2, 0.25) is 0 Å². The van der Waals surface area contributed by atoms with Gasteiger partial charge in [0.1, 0.15) is 18.6 Å². The van der Waals surface area contributed by atoms with Gasteiger partial charge < -0.3 is 4.74 Å². The van der Waals surface area contributed by atoms with E-state index in [0.29, 0.717) is 17.9 Å². The molecule has 0 saturated heterocycles. The number of aromatic nitrogens is 1. The molecule has 3 aromatic rings. The Hall–Kier alpha value is -2.94. The van der Waals surface area contributed by atoms with Crippen molar-refractivity contribution in [1.82, 2.24) is 4.98 Å². The number of aldehydes is 1. The van der Waals surface area contributed by atoms with Gasteiger partial charge in [0.25, 0.3) is 0 Å². The van der Waals surface area contributed by atoms with E-state index in [1.807, 2.05) is 48.5 Å². The van der Waals surface area contributed by atoms with Crippen LogP contribution >= 0.6 is 0 Å². The van der Waals surface area contributed by atoms with Gasteiger partial charge in [0.2, 0.25) is 0 Å². The van der Waals surface area contributed by atoms with Crippen LogP contribution in [0.4, 0.5) is 0 Å². The highest BCUT2D eigenvalue weighted by atomic mass is 16.5. The molecule has 2 aromatic carbocycles. The Morgan fingerprint density at radius 2 is 1.86 bits per heavy atom. The van der Waals surface area contributed by atoms with E-state index in [-0.39, 0.29) is 0 Å². The molecule has 0 fully saturated rings. The molecule has 3 rings (SSSR count). The van der Waals surface area contributed by atoms with Crippen LogP contribution in [0.15, 0.2) is 73.1 Å². The van der Waals surface area contributed by atoms with Crippen molar-refractivity contribution in [1.29, 1.82) is 0 Å². The second kappa shape index (κ2) is 6.68. The molecular formula is C19H15NO2. The lowest BCUT2D eigenvalue weighted by Crippen LogP contribution is -1.98. The molecule has 1 heterocycles. The van der Waals surface area contributed by atoms with Crippen molar-refractivity contribution in [2.75, 3.05) is 0 Å². The van der Waals surface area contributed by atoms with E-state index >= 15 is 0 Å². The molecule has 0 N–H and O–H groups in total. The number of rotatable bonds is 5. The first kappa shape index (κ1) is 14.0. The average Bonchev–Trinajstić information content (AvgIpc) is 2.61. The van der Waals surface area contributed by atoms with Crippen molar-refractivity contribution in [2.45, 2.75) is 6.61 Å². The molecule has 108 valence electrons. The Morgan fingerprint density at radius 3 is 2.59 bits per heavy atom. The summed E-state index contributed by atoms with van der Waals surface area (Å²) < 4.78 is 5.93. The van der Waals surface area contributed by atoms with Gasteiger partial charge in [-0.05, 0) is 23.8 Å². The monoisotopic (exact) mass is 289 g/mol. The third-order valence-electron chi connectivity index (χ3n) is 3.35. The van der Waals surface area contributed by atoms with E-state index in [1.165, 1.54) is 0 Å². The summed E-state index contributed by atoms with van der Waals surface area (Å²) in [6.07, 6.45) is 4.33. The Kier molecular flexibility index (Phi) is 4.25. The lowest BCUT2D eigenvalue weighted by Gasteiger charge is -2.12. The fourth-order valence-corrected chi connectivity index (χ4v) is 2.23. The van der Waals surface area contributed by atoms with E-state index in [0.717, 1.165) is 23.0 Å². The summed E-state index contributed by atoms with van der Waals surface area (Å²) in [5, 5.41) is 0. The van der Waals surface area contributed by atoms with Crippen LogP contribution in [-0.4, -0.2) is 11.3 Å². The second-order valence-electron chi connectivity index (χ2n) is 4.89. The predicted octanol–water partition coefficient (Wildman–Crippen LogP) is 4.14. The summed E-state index contributed by atoms with van der Waals surface area (Å²) in [7, 11) is 0. The maximum absolute atomic E-state index is 11.0. The van der Waals surface area contributed by atoms with Crippen LogP contribution in [-0.2, 0) is 6.61 Å². The predicted molar refractivity (Wildman–Crippen MR) is 85.8 cm³/mol. The minimum Gasteiger partial charge on any atom is -0.488 e. The highest BCUT2D eigenvalue weighted by Gasteiger charge is 2.08. The maximum atomic E-state index is 11.0. The van der Waals surface area contributed by atoms with Crippen molar-refractivity contribution in [3.05, 3.63) is 84.2 Å². The Bertz CT molecular complexity index is 755. The molecule has 0 aliphatic heterocycles. The minimum atomic E-state index is 0.455. The number of ether oxygens (including phenoxy) is 1. The third kappa shape index (κ3) is 3.20.